The lowest BCUT2D eigenvalue weighted by Gasteiger charge is -2.43. The number of likely N-dealkylation sites (N-methyl/N-ethyl adjacent to an activating group) is 1. The lowest BCUT2D eigenvalue weighted by atomic mass is 9.73. The van der Waals surface area contributed by atoms with Crippen LogP contribution in [-0.4, -0.2) is 69.1 Å². The molecule has 40 heavy (non-hydrogen) atoms. The molecular formula is C33H55N3O4. The molecule has 0 radical (unpaired) electrons. The van der Waals surface area contributed by atoms with E-state index in [1.165, 1.54) is 44.9 Å². The van der Waals surface area contributed by atoms with Gasteiger partial charge in [0.15, 0.2) is 0 Å². The Hall–Kier alpha value is -1.83. The predicted octanol–water partition coefficient (Wildman–Crippen LogP) is 5.85. The molecule has 1 aromatic carbocycles. The van der Waals surface area contributed by atoms with Gasteiger partial charge in [-0.3, -0.25) is 0 Å². The number of piperidine rings is 1. The average Bonchev–Trinajstić information content (AvgIpc) is 3.81. The number of unbranched alkanes of at least 4 members (excludes halogenated alkanes) is 1. The number of aliphatic hydroxyl groups is 1. The molecule has 3 aliphatic rings. The molecule has 2 amide bonds. The molecule has 3 atom stereocenters. The quantitative estimate of drug-likeness (QED) is 0.222. The molecule has 0 spiro atoms. The van der Waals surface area contributed by atoms with Crippen molar-refractivity contribution in [1.29, 1.82) is 0 Å². The summed E-state index contributed by atoms with van der Waals surface area (Å²) in [5.41, 5.74) is -0.184. The van der Waals surface area contributed by atoms with E-state index >= 15 is 0 Å². The average molecular weight is 558 g/mol. The molecule has 3 N–H and O–H groups in total. The van der Waals surface area contributed by atoms with Crippen LogP contribution in [0.1, 0.15) is 95.5 Å². The van der Waals surface area contributed by atoms with E-state index in [2.05, 4.69) is 10.6 Å². The SMILES string of the molecule is CNCC(CC1CCCCC1)NC(=O)N1CCC[C@@H]([C@@](O)(CCCCOC)c2ccccc2OCCC2CC2)C1. The second kappa shape index (κ2) is 16.0. The molecule has 1 heterocycles. The van der Waals surface area contributed by atoms with Crippen LogP contribution < -0.4 is 15.4 Å². The zero-order valence-electron chi connectivity index (χ0n) is 25.2. The number of likely N-dealkylation sites (tertiary alicyclic amines) is 1. The molecule has 1 aliphatic heterocycles. The molecular weight excluding hydrogens is 502 g/mol. The van der Waals surface area contributed by atoms with Crippen molar-refractivity contribution in [3.05, 3.63) is 29.8 Å². The Labute approximate surface area is 242 Å². The number of para-hydroxylation sites is 1. The Morgan fingerprint density at radius 3 is 2.60 bits per heavy atom. The first-order chi connectivity index (χ1) is 19.5. The molecule has 0 bridgehead atoms. The molecule has 7 nitrogen and oxygen atoms in total. The molecule has 0 aromatic heterocycles. The zero-order chi connectivity index (χ0) is 28.2. The molecule has 2 saturated carbocycles. The first-order valence-electron chi connectivity index (χ1n) is 16.2. The van der Waals surface area contributed by atoms with Gasteiger partial charge in [0.1, 0.15) is 5.75 Å². The van der Waals surface area contributed by atoms with Crippen molar-refractivity contribution in [2.75, 3.05) is 47.0 Å². The third kappa shape index (κ3) is 9.09. The van der Waals surface area contributed by atoms with Crippen molar-refractivity contribution in [1.82, 2.24) is 15.5 Å². The Morgan fingerprint density at radius 2 is 1.85 bits per heavy atom. The van der Waals surface area contributed by atoms with Crippen molar-refractivity contribution in [2.24, 2.45) is 17.8 Å². The number of nitrogens with one attached hydrogen (secondary N) is 2. The number of rotatable bonds is 16. The minimum absolute atomic E-state index is 0.0106. The number of hydrogen-bond acceptors (Lipinski definition) is 5. The summed E-state index contributed by atoms with van der Waals surface area (Å²) in [5.74, 6) is 2.25. The minimum atomic E-state index is -1.06. The summed E-state index contributed by atoms with van der Waals surface area (Å²) >= 11 is 0. The number of methoxy groups -OCH3 is 1. The van der Waals surface area contributed by atoms with Crippen molar-refractivity contribution in [3.8, 4) is 5.75 Å². The standard InChI is InChI=1S/C33H55N3O4/c1-34-24-29(23-27-11-4-3-5-12-27)35-32(37)36-20-10-13-28(25-36)33(38,19-8-9-21-39-2)30-14-6-7-15-31(30)40-22-18-26-16-17-26/h6-7,14-15,26-29,34,38H,3-5,8-13,16-25H2,1-2H3,(H,35,37)/t28-,29?,33+/m1/s1. The van der Waals surface area contributed by atoms with Crippen LogP contribution >= 0.6 is 0 Å². The maximum atomic E-state index is 13.6. The van der Waals surface area contributed by atoms with Crippen LogP contribution in [0.15, 0.2) is 24.3 Å². The van der Waals surface area contributed by atoms with Gasteiger partial charge < -0.3 is 30.1 Å². The van der Waals surface area contributed by atoms with Gasteiger partial charge in [0.25, 0.3) is 0 Å². The second-order valence-electron chi connectivity index (χ2n) is 12.7. The molecule has 4 rings (SSSR count). The van der Waals surface area contributed by atoms with Crippen LogP contribution in [0.4, 0.5) is 4.79 Å². The molecule has 226 valence electrons. The van der Waals surface area contributed by atoms with Gasteiger partial charge in [-0.15, -0.1) is 0 Å². The Morgan fingerprint density at radius 1 is 1.05 bits per heavy atom. The van der Waals surface area contributed by atoms with Crippen LogP contribution in [0.2, 0.25) is 0 Å². The third-order valence-electron chi connectivity index (χ3n) is 9.50. The van der Waals surface area contributed by atoms with E-state index in [-0.39, 0.29) is 18.0 Å². The van der Waals surface area contributed by atoms with Crippen molar-refractivity contribution in [3.63, 3.8) is 0 Å². The first-order valence-corrected chi connectivity index (χ1v) is 16.2. The van der Waals surface area contributed by atoms with E-state index in [0.29, 0.717) is 32.1 Å². The monoisotopic (exact) mass is 557 g/mol. The van der Waals surface area contributed by atoms with Gasteiger partial charge in [-0.25, -0.2) is 4.79 Å². The number of nitrogens with zero attached hydrogens (tertiary/aromatic N) is 1. The minimum Gasteiger partial charge on any atom is -0.493 e. The first kappa shape index (κ1) is 31.1. The van der Waals surface area contributed by atoms with Crippen LogP contribution in [0.3, 0.4) is 0 Å². The van der Waals surface area contributed by atoms with Gasteiger partial charge in [-0.2, -0.15) is 0 Å². The van der Waals surface area contributed by atoms with E-state index in [9.17, 15) is 9.90 Å². The van der Waals surface area contributed by atoms with Gasteiger partial charge >= 0.3 is 6.03 Å². The number of urea groups is 1. The van der Waals surface area contributed by atoms with Crippen molar-refractivity contribution >= 4 is 6.03 Å². The zero-order valence-corrected chi connectivity index (χ0v) is 25.2. The maximum absolute atomic E-state index is 13.6. The van der Waals surface area contributed by atoms with E-state index in [0.717, 1.165) is 68.8 Å². The molecule has 1 unspecified atom stereocenters. The fourth-order valence-corrected chi connectivity index (χ4v) is 6.97. The predicted molar refractivity (Wildman–Crippen MR) is 161 cm³/mol. The molecule has 7 heteroatoms. The number of ether oxygens (including phenoxy) is 2. The summed E-state index contributed by atoms with van der Waals surface area (Å²) in [5, 5.41) is 19.2. The summed E-state index contributed by atoms with van der Waals surface area (Å²) in [6.07, 6.45) is 15.4. The van der Waals surface area contributed by atoms with Gasteiger partial charge in [0.05, 0.1) is 12.2 Å². The fraction of sp³-hybridized carbons (Fsp3) is 0.788. The van der Waals surface area contributed by atoms with Crippen molar-refractivity contribution in [2.45, 2.75) is 102 Å². The van der Waals surface area contributed by atoms with Crippen molar-refractivity contribution < 1.29 is 19.4 Å². The summed E-state index contributed by atoms with van der Waals surface area (Å²) in [7, 11) is 3.69. The van der Waals surface area contributed by atoms with Gasteiger partial charge in [-0.1, -0.05) is 63.1 Å². The van der Waals surface area contributed by atoms with Gasteiger partial charge in [-0.05, 0) is 69.9 Å². The Kier molecular flexibility index (Phi) is 12.4. The number of amides is 2. The summed E-state index contributed by atoms with van der Waals surface area (Å²) in [6.45, 7) is 3.45. The lowest BCUT2D eigenvalue weighted by molar-refractivity contribution is -0.0580. The highest BCUT2D eigenvalue weighted by molar-refractivity contribution is 5.74. The number of benzene rings is 1. The Balaban J connectivity index is 1.45. The normalized spacial score (nSPS) is 22.5. The highest BCUT2D eigenvalue weighted by Crippen LogP contribution is 2.44. The molecule has 1 saturated heterocycles. The van der Waals surface area contributed by atoms with Crippen LogP contribution in [0.25, 0.3) is 0 Å². The maximum Gasteiger partial charge on any atom is 0.317 e. The highest BCUT2D eigenvalue weighted by atomic mass is 16.5. The number of carbonyl (C=O) groups is 1. The van der Waals surface area contributed by atoms with E-state index < -0.39 is 5.60 Å². The topological polar surface area (TPSA) is 83.1 Å². The number of carbonyl (C=O) groups excluding carboxylic acids is 1. The second-order valence-corrected chi connectivity index (χ2v) is 12.7. The summed E-state index contributed by atoms with van der Waals surface area (Å²) < 4.78 is 11.6. The summed E-state index contributed by atoms with van der Waals surface area (Å²) in [4.78, 5) is 15.5. The van der Waals surface area contributed by atoms with Crippen LogP contribution in [0, 0.1) is 17.8 Å². The Bertz CT molecular complexity index is 888. The third-order valence-corrected chi connectivity index (χ3v) is 9.50. The smallest absolute Gasteiger partial charge is 0.317 e. The van der Waals surface area contributed by atoms with E-state index in [1.54, 1.807) is 7.11 Å². The van der Waals surface area contributed by atoms with E-state index in [1.807, 2.05) is 36.2 Å². The van der Waals surface area contributed by atoms with E-state index in [4.69, 9.17) is 9.47 Å². The molecule has 2 aliphatic carbocycles. The molecule has 1 aromatic rings. The van der Waals surface area contributed by atoms with Crippen LogP contribution in [-0.2, 0) is 10.3 Å². The van der Waals surface area contributed by atoms with Gasteiger partial charge in [0, 0.05) is 50.9 Å². The van der Waals surface area contributed by atoms with Gasteiger partial charge in [0.2, 0.25) is 0 Å². The number of hydrogen-bond donors (Lipinski definition) is 3. The highest BCUT2D eigenvalue weighted by Gasteiger charge is 2.43. The molecule has 3 fully saturated rings. The van der Waals surface area contributed by atoms with Crippen LogP contribution in [0.5, 0.6) is 5.75 Å². The fourth-order valence-electron chi connectivity index (χ4n) is 6.97. The lowest BCUT2D eigenvalue weighted by Crippen LogP contribution is -2.54. The largest absolute Gasteiger partial charge is 0.493 e. The summed E-state index contributed by atoms with van der Waals surface area (Å²) in [6, 6.07) is 8.18.